The highest BCUT2D eigenvalue weighted by Gasteiger charge is 2.30. The lowest BCUT2D eigenvalue weighted by molar-refractivity contribution is 0.0563. The van der Waals surface area contributed by atoms with E-state index in [2.05, 4.69) is 9.80 Å². The summed E-state index contributed by atoms with van der Waals surface area (Å²) in [5.74, 6) is -0.697. The number of hydrogen-bond acceptors (Lipinski definition) is 5. The number of amides is 1. The predicted molar refractivity (Wildman–Crippen MR) is 117 cm³/mol. The molecule has 2 aliphatic heterocycles. The third-order valence-electron chi connectivity index (χ3n) is 6.24. The molecule has 1 atom stereocenters. The second-order valence-electron chi connectivity index (χ2n) is 8.12. The summed E-state index contributed by atoms with van der Waals surface area (Å²) in [6, 6.07) is 13.7. The molecular formula is C24H28FN3O3. The minimum atomic E-state index is -0.440. The Morgan fingerprint density at radius 2 is 1.68 bits per heavy atom. The number of hydrogen-bond donors (Lipinski definition) is 0. The zero-order valence-corrected chi connectivity index (χ0v) is 17.8. The Morgan fingerprint density at radius 3 is 2.39 bits per heavy atom. The van der Waals surface area contributed by atoms with Crippen LogP contribution in [0.5, 0.6) is 0 Å². The molecule has 2 heterocycles. The van der Waals surface area contributed by atoms with Crippen molar-refractivity contribution in [1.29, 1.82) is 0 Å². The fraction of sp³-hybridized carbons (Fsp3) is 0.417. The lowest BCUT2D eigenvalue weighted by Gasteiger charge is -2.44. The molecule has 0 saturated carbocycles. The van der Waals surface area contributed by atoms with Gasteiger partial charge in [-0.1, -0.05) is 6.07 Å². The molecule has 1 unspecified atom stereocenters. The molecule has 0 aliphatic carbocycles. The average Bonchev–Trinajstić information content (AvgIpc) is 2.84. The Balaban J connectivity index is 1.36. The number of anilines is 1. The van der Waals surface area contributed by atoms with Crippen LogP contribution < -0.4 is 4.90 Å². The second-order valence-corrected chi connectivity index (χ2v) is 8.12. The SMILES string of the molecule is COC(=O)c1cccc(C(=O)N2CCCC(N3CCN(c4ccc(F)cc4)CC3)C2)c1. The number of benzene rings is 2. The Bertz CT molecular complexity index is 926. The summed E-state index contributed by atoms with van der Waals surface area (Å²) in [4.78, 5) is 31.5. The summed E-state index contributed by atoms with van der Waals surface area (Å²) in [6.45, 7) is 5.03. The minimum Gasteiger partial charge on any atom is -0.465 e. The lowest BCUT2D eigenvalue weighted by atomic mass is 10.0. The number of carbonyl (C=O) groups excluding carboxylic acids is 2. The molecule has 2 saturated heterocycles. The Kier molecular flexibility index (Phi) is 6.51. The van der Waals surface area contributed by atoms with Crippen molar-refractivity contribution in [2.24, 2.45) is 0 Å². The largest absolute Gasteiger partial charge is 0.465 e. The van der Waals surface area contributed by atoms with Crippen LogP contribution in [-0.2, 0) is 4.74 Å². The van der Waals surface area contributed by atoms with Crippen molar-refractivity contribution < 1.29 is 18.7 Å². The quantitative estimate of drug-likeness (QED) is 0.705. The van der Waals surface area contributed by atoms with Gasteiger partial charge in [0.1, 0.15) is 5.82 Å². The number of piperidine rings is 1. The number of esters is 1. The first-order chi connectivity index (χ1) is 15.0. The first-order valence-corrected chi connectivity index (χ1v) is 10.8. The van der Waals surface area contributed by atoms with Crippen molar-refractivity contribution in [2.45, 2.75) is 18.9 Å². The minimum absolute atomic E-state index is 0.0413. The van der Waals surface area contributed by atoms with Gasteiger partial charge in [0.25, 0.3) is 5.91 Å². The predicted octanol–water partition coefficient (Wildman–Crippen LogP) is 3.04. The van der Waals surface area contributed by atoms with Crippen LogP contribution in [0.15, 0.2) is 48.5 Å². The molecule has 4 rings (SSSR count). The molecule has 164 valence electrons. The Morgan fingerprint density at radius 1 is 0.968 bits per heavy atom. The molecule has 0 radical (unpaired) electrons. The van der Waals surface area contributed by atoms with E-state index in [4.69, 9.17) is 4.74 Å². The van der Waals surface area contributed by atoms with Gasteiger partial charge in [-0.2, -0.15) is 0 Å². The van der Waals surface area contributed by atoms with Gasteiger partial charge < -0.3 is 14.5 Å². The van der Waals surface area contributed by atoms with Gasteiger partial charge in [-0.25, -0.2) is 9.18 Å². The van der Waals surface area contributed by atoms with Gasteiger partial charge >= 0.3 is 5.97 Å². The summed E-state index contributed by atoms with van der Waals surface area (Å²) in [6.07, 6.45) is 2.04. The molecule has 7 heteroatoms. The monoisotopic (exact) mass is 425 g/mol. The fourth-order valence-electron chi connectivity index (χ4n) is 4.51. The van der Waals surface area contributed by atoms with Gasteiger partial charge in [-0.05, 0) is 55.3 Å². The molecule has 2 aromatic rings. The maximum absolute atomic E-state index is 13.2. The maximum atomic E-state index is 13.2. The first-order valence-electron chi connectivity index (χ1n) is 10.8. The Labute approximate surface area is 182 Å². The van der Waals surface area contributed by atoms with Crippen molar-refractivity contribution >= 4 is 17.6 Å². The fourth-order valence-corrected chi connectivity index (χ4v) is 4.51. The van der Waals surface area contributed by atoms with Crippen LogP contribution >= 0.6 is 0 Å². The summed E-state index contributed by atoms with van der Waals surface area (Å²) in [5.41, 5.74) is 1.95. The van der Waals surface area contributed by atoms with Gasteiger partial charge in [0.05, 0.1) is 12.7 Å². The van der Waals surface area contributed by atoms with E-state index in [-0.39, 0.29) is 11.7 Å². The highest BCUT2D eigenvalue weighted by atomic mass is 19.1. The van der Waals surface area contributed by atoms with Crippen LogP contribution in [0.3, 0.4) is 0 Å². The summed E-state index contributed by atoms with van der Waals surface area (Å²) < 4.78 is 17.9. The number of ether oxygens (including phenoxy) is 1. The van der Waals surface area contributed by atoms with Crippen LogP contribution in [-0.4, -0.2) is 74.1 Å². The van der Waals surface area contributed by atoms with Crippen molar-refractivity contribution in [3.8, 4) is 0 Å². The number of rotatable bonds is 4. The molecule has 31 heavy (non-hydrogen) atoms. The van der Waals surface area contributed by atoms with Crippen LogP contribution in [0.4, 0.5) is 10.1 Å². The average molecular weight is 426 g/mol. The molecule has 0 spiro atoms. The Hall–Kier alpha value is -2.93. The highest BCUT2D eigenvalue weighted by molar-refractivity contribution is 5.98. The standard InChI is InChI=1S/C24H28FN3O3/c1-31-24(30)19-5-2-4-18(16-19)23(29)28-11-3-6-22(17-28)27-14-12-26(13-15-27)21-9-7-20(25)8-10-21/h2,4-5,7-10,16,22H,3,6,11-15,17H2,1H3. The van der Waals surface area contributed by atoms with E-state index in [0.717, 1.165) is 51.3 Å². The second kappa shape index (κ2) is 9.47. The lowest BCUT2D eigenvalue weighted by Crippen LogP contribution is -2.55. The van der Waals surface area contributed by atoms with E-state index in [1.807, 2.05) is 17.0 Å². The third-order valence-corrected chi connectivity index (χ3v) is 6.24. The number of methoxy groups -OCH3 is 1. The van der Waals surface area contributed by atoms with Crippen LogP contribution in [0, 0.1) is 5.82 Å². The van der Waals surface area contributed by atoms with E-state index in [1.54, 1.807) is 24.3 Å². The van der Waals surface area contributed by atoms with Crippen LogP contribution in [0.25, 0.3) is 0 Å². The molecule has 1 amide bonds. The van der Waals surface area contributed by atoms with Gasteiger partial charge in [0, 0.05) is 56.6 Å². The molecule has 2 aromatic carbocycles. The number of likely N-dealkylation sites (tertiary alicyclic amines) is 1. The van der Waals surface area contributed by atoms with Crippen LogP contribution in [0.2, 0.25) is 0 Å². The third kappa shape index (κ3) is 4.88. The molecule has 6 nitrogen and oxygen atoms in total. The van der Waals surface area contributed by atoms with Gasteiger partial charge in [0.15, 0.2) is 0 Å². The van der Waals surface area contributed by atoms with Crippen LogP contribution in [0.1, 0.15) is 33.6 Å². The van der Waals surface area contributed by atoms with E-state index in [0.29, 0.717) is 23.7 Å². The summed E-state index contributed by atoms with van der Waals surface area (Å²) in [7, 11) is 1.34. The number of piperazine rings is 1. The molecular weight excluding hydrogens is 397 g/mol. The van der Waals surface area contributed by atoms with Gasteiger partial charge in [-0.3, -0.25) is 9.69 Å². The number of carbonyl (C=O) groups is 2. The van der Waals surface area contributed by atoms with E-state index in [1.165, 1.54) is 19.2 Å². The van der Waals surface area contributed by atoms with Crippen molar-refractivity contribution in [3.05, 3.63) is 65.5 Å². The van der Waals surface area contributed by atoms with E-state index in [9.17, 15) is 14.0 Å². The normalized spacial score (nSPS) is 19.9. The number of nitrogens with zero attached hydrogens (tertiary/aromatic N) is 3. The zero-order valence-electron chi connectivity index (χ0n) is 17.8. The topological polar surface area (TPSA) is 53.1 Å². The maximum Gasteiger partial charge on any atom is 0.337 e. The molecule has 0 aromatic heterocycles. The van der Waals surface area contributed by atoms with Crippen molar-refractivity contribution in [2.75, 3.05) is 51.3 Å². The summed E-state index contributed by atoms with van der Waals surface area (Å²) in [5, 5.41) is 0. The zero-order chi connectivity index (χ0) is 21.8. The summed E-state index contributed by atoms with van der Waals surface area (Å²) >= 11 is 0. The number of halogens is 1. The molecule has 0 N–H and O–H groups in total. The van der Waals surface area contributed by atoms with E-state index >= 15 is 0 Å². The molecule has 2 aliphatic rings. The smallest absolute Gasteiger partial charge is 0.337 e. The van der Waals surface area contributed by atoms with Gasteiger partial charge in [-0.15, -0.1) is 0 Å². The van der Waals surface area contributed by atoms with Gasteiger partial charge in [0.2, 0.25) is 0 Å². The van der Waals surface area contributed by atoms with E-state index < -0.39 is 5.97 Å². The highest BCUT2D eigenvalue weighted by Crippen LogP contribution is 2.22. The van der Waals surface area contributed by atoms with Crippen molar-refractivity contribution in [3.63, 3.8) is 0 Å². The molecule has 2 fully saturated rings. The molecule has 0 bridgehead atoms. The van der Waals surface area contributed by atoms with Crippen molar-refractivity contribution in [1.82, 2.24) is 9.80 Å². The first kappa shape index (κ1) is 21.3.